The lowest BCUT2D eigenvalue weighted by atomic mass is 10.1. The summed E-state index contributed by atoms with van der Waals surface area (Å²) in [7, 11) is 3.54. The van der Waals surface area contributed by atoms with E-state index in [1.165, 1.54) is 6.42 Å². The van der Waals surface area contributed by atoms with Crippen molar-refractivity contribution in [2.45, 2.75) is 39.2 Å². The highest BCUT2D eigenvalue weighted by Crippen LogP contribution is 2.12. The molecule has 0 radical (unpaired) electrons. The molecule has 2 fully saturated rings. The SMILES string of the molecule is CC(C)CN1CCN(C(=NCC(=O)N(C)C)NCC2CCCCO2)CC1.I. The van der Waals surface area contributed by atoms with Gasteiger partial charge in [-0.1, -0.05) is 13.8 Å². The molecule has 2 heterocycles. The van der Waals surface area contributed by atoms with Crippen LogP contribution in [-0.4, -0.2) is 99.2 Å². The van der Waals surface area contributed by atoms with Crippen LogP contribution in [0.3, 0.4) is 0 Å². The molecule has 8 heteroatoms. The lowest BCUT2D eigenvalue weighted by Crippen LogP contribution is -2.54. The molecule has 1 unspecified atom stereocenters. The van der Waals surface area contributed by atoms with Crippen LogP contribution in [0, 0.1) is 5.92 Å². The summed E-state index contributed by atoms with van der Waals surface area (Å²) < 4.78 is 5.82. The number of nitrogens with zero attached hydrogens (tertiary/aromatic N) is 4. The summed E-state index contributed by atoms with van der Waals surface area (Å²) in [6.45, 7) is 11.4. The molecule has 7 nitrogen and oxygen atoms in total. The first kappa shape index (κ1) is 24.4. The maximum atomic E-state index is 11.9. The van der Waals surface area contributed by atoms with E-state index in [0.29, 0.717) is 5.92 Å². The van der Waals surface area contributed by atoms with Crippen LogP contribution in [0.2, 0.25) is 0 Å². The Hall–Kier alpha value is -0.610. The largest absolute Gasteiger partial charge is 0.376 e. The number of rotatable bonds is 6. The topological polar surface area (TPSA) is 60.4 Å². The number of guanidine groups is 1. The number of nitrogens with one attached hydrogen (secondary N) is 1. The van der Waals surface area contributed by atoms with E-state index in [-0.39, 0.29) is 42.5 Å². The molecule has 27 heavy (non-hydrogen) atoms. The van der Waals surface area contributed by atoms with E-state index in [2.05, 4.69) is 34.0 Å². The van der Waals surface area contributed by atoms with Crippen LogP contribution >= 0.6 is 24.0 Å². The normalized spacial score (nSPS) is 21.7. The van der Waals surface area contributed by atoms with Crippen LogP contribution in [0.5, 0.6) is 0 Å². The zero-order chi connectivity index (χ0) is 18.9. The van der Waals surface area contributed by atoms with Gasteiger partial charge in [0, 0.05) is 60.0 Å². The molecule has 0 aromatic rings. The van der Waals surface area contributed by atoms with E-state index in [4.69, 9.17) is 4.74 Å². The van der Waals surface area contributed by atoms with Gasteiger partial charge in [0.05, 0.1) is 6.10 Å². The summed E-state index contributed by atoms with van der Waals surface area (Å²) in [6.07, 6.45) is 3.73. The molecule has 0 bridgehead atoms. The Balaban J connectivity index is 0.00000364. The standard InChI is InChI=1S/C19H37N5O2.HI/c1-16(2)15-23-8-10-24(11-9-23)19(21-14-18(25)22(3)4)20-13-17-7-5-6-12-26-17;/h16-17H,5-15H2,1-4H3,(H,20,21);1H. The van der Waals surface area contributed by atoms with Crippen molar-refractivity contribution in [3.63, 3.8) is 0 Å². The lowest BCUT2D eigenvalue weighted by Gasteiger charge is -2.37. The molecule has 2 aliphatic heterocycles. The Morgan fingerprint density at radius 3 is 2.48 bits per heavy atom. The van der Waals surface area contributed by atoms with Gasteiger partial charge in [-0.3, -0.25) is 9.69 Å². The molecule has 0 aromatic carbocycles. The van der Waals surface area contributed by atoms with Gasteiger partial charge in [0.25, 0.3) is 0 Å². The molecular weight excluding hydrogens is 457 g/mol. The van der Waals surface area contributed by atoms with Crippen molar-refractivity contribution in [1.82, 2.24) is 20.0 Å². The minimum Gasteiger partial charge on any atom is -0.376 e. The summed E-state index contributed by atoms with van der Waals surface area (Å²) in [5, 5.41) is 3.47. The predicted octanol–water partition coefficient (Wildman–Crippen LogP) is 1.48. The predicted molar refractivity (Wildman–Crippen MR) is 121 cm³/mol. The third-order valence-corrected chi connectivity index (χ3v) is 4.92. The molecule has 2 saturated heterocycles. The molecule has 1 atom stereocenters. The molecule has 0 aromatic heterocycles. The van der Waals surface area contributed by atoms with Gasteiger partial charge >= 0.3 is 0 Å². The van der Waals surface area contributed by atoms with Gasteiger partial charge in [-0.25, -0.2) is 4.99 Å². The first-order valence-corrected chi connectivity index (χ1v) is 10.0. The van der Waals surface area contributed by atoms with Crippen LogP contribution in [0.25, 0.3) is 0 Å². The fraction of sp³-hybridized carbons (Fsp3) is 0.895. The van der Waals surface area contributed by atoms with Crippen LogP contribution in [0.15, 0.2) is 4.99 Å². The third kappa shape index (κ3) is 8.95. The highest BCUT2D eigenvalue weighted by molar-refractivity contribution is 14.0. The van der Waals surface area contributed by atoms with Crippen molar-refractivity contribution in [3.05, 3.63) is 0 Å². The quantitative estimate of drug-likeness (QED) is 0.344. The number of hydrogen-bond donors (Lipinski definition) is 1. The van der Waals surface area contributed by atoms with Crippen molar-refractivity contribution in [3.8, 4) is 0 Å². The van der Waals surface area contributed by atoms with Crippen molar-refractivity contribution < 1.29 is 9.53 Å². The van der Waals surface area contributed by atoms with E-state index in [0.717, 1.165) is 64.7 Å². The molecule has 158 valence electrons. The van der Waals surface area contributed by atoms with Crippen molar-refractivity contribution >= 4 is 35.8 Å². The Kier molecular flexibility index (Phi) is 11.6. The number of carbonyl (C=O) groups excluding carboxylic acids is 1. The van der Waals surface area contributed by atoms with Crippen LogP contribution in [-0.2, 0) is 9.53 Å². The minimum absolute atomic E-state index is 0. The second kappa shape index (κ2) is 12.8. The van der Waals surface area contributed by atoms with Gasteiger partial charge in [-0.15, -0.1) is 24.0 Å². The maximum absolute atomic E-state index is 11.9. The van der Waals surface area contributed by atoms with Gasteiger partial charge in [0.2, 0.25) is 5.91 Å². The second-order valence-electron chi connectivity index (χ2n) is 7.98. The zero-order valence-corrected chi connectivity index (χ0v) is 19.8. The second-order valence-corrected chi connectivity index (χ2v) is 7.98. The summed E-state index contributed by atoms with van der Waals surface area (Å²) in [5.41, 5.74) is 0. The van der Waals surface area contributed by atoms with E-state index in [1.54, 1.807) is 19.0 Å². The number of piperazine rings is 1. The van der Waals surface area contributed by atoms with Crippen molar-refractivity contribution in [2.75, 3.05) is 66.5 Å². The fourth-order valence-electron chi connectivity index (χ4n) is 3.38. The molecule has 1 amide bonds. The average molecular weight is 495 g/mol. The van der Waals surface area contributed by atoms with Crippen LogP contribution < -0.4 is 5.32 Å². The average Bonchev–Trinajstić information content (AvgIpc) is 2.62. The van der Waals surface area contributed by atoms with E-state index >= 15 is 0 Å². The fourth-order valence-corrected chi connectivity index (χ4v) is 3.38. The van der Waals surface area contributed by atoms with Crippen molar-refractivity contribution in [1.29, 1.82) is 0 Å². The summed E-state index contributed by atoms with van der Waals surface area (Å²) in [6, 6.07) is 0. The van der Waals surface area contributed by atoms with Gasteiger partial charge in [-0.2, -0.15) is 0 Å². The summed E-state index contributed by atoms with van der Waals surface area (Å²) in [5.74, 6) is 1.56. The number of ether oxygens (including phenoxy) is 1. The van der Waals surface area contributed by atoms with E-state index in [9.17, 15) is 4.79 Å². The van der Waals surface area contributed by atoms with Crippen molar-refractivity contribution in [2.24, 2.45) is 10.9 Å². The highest BCUT2D eigenvalue weighted by atomic mass is 127. The van der Waals surface area contributed by atoms with E-state index < -0.39 is 0 Å². The first-order valence-electron chi connectivity index (χ1n) is 10.0. The molecule has 0 aliphatic carbocycles. The Labute approximate surface area is 181 Å². The Morgan fingerprint density at radius 1 is 1.22 bits per heavy atom. The molecule has 0 spiro atoms. The molecular formula is C19H38IN5O2. The Bertz CT molecular complexity index is 459. The smallest absolute Gasteiger partial charge is 0.243 e. The molecule has 1 N–H and O–H groups in total. The zero-order valence-electron chi connectivity index (χ0n) is 17.4. The number of carbonyl (C=O) groups is 1. The first-order chi connectivity index (χ1) is 12.5. The minimum atomic E-state index is 0. The number of hydrogen-bond acceptors (Lipinski definition) is 4. The van der Waals surface area contributed by atoms with Crippen LogP contribution in [0.1, 0.15) is 33.1 Å². The molecule has 2 aliphatic rings. The number of likely N-dealkylation sites (N-methyl/N-ethyl adjacent to an activating group) is 1. The van der Waals surface area contributed by atoms with Gasteiger partial charge in [-0.05, 0) is 25.2 Å². The lowest BCUT2D eigenvalue weighted by molar-refractivity contribution is -0.127. The number of aliphatic imine (C=N–C) groups is 1. The maximum Gasteiger partial charge on any atom is 0.243 e. The molecule has 0 saturated carbocycles. The van der Waals surface area contributed by atoms with Crippen LogP contribution in [0.4, 0.5) is 0 Å². The number of amides is 1. The summed E-state index contributed by atoms with van der Waals surface area (Å²) >= 11 is 0. The summed E-state index contributed by atoms with van der Waals surface area (Å²) in [4.78, 5) is 22.9. The van der Waals surface area contributed by atoms with Gasteiger partial charge in [0.15, 0.2) is 5.96 Å². The molecule has 2 rings (SSSR count). The third-order valence-electron chi connectivity index (χ3n) is 4.92. The van der Waals surface area contributed by atoms with Gasteiger partial charge < -0.3 is 19.9 Å². The monoisotopic (exact) mass is 495 g/mol. The Morgan fingerprint density at radius 2 is 1.93 bits per heavy atom. The van der Waals surface area contributed by atoms with Gasteiger partial charge in [0.1, 0.15) is 6.54 Å². The van der Waals surface area contributed by atoms with E-state index in [1.807, 2.05) is 0 Å². The highest BCUT2D eigenvalue weighted by Gasteiger charge is 2.22. The number of halogens is 1.